The largest absolute Gasteiger partial charge is 0.479 e. The Morgan fingerprint density at radius 1 is 1.43 bits per heavy atom. The molecule has 1 atom stereocenters. The Bertz CT molecular complexity index is 676. The first-order valence-corrected chi connectivity index (χ1v) is 7.93. The second-order valence-electron chi connectivity index (χ2n) is 5.66. The van der Waals surface area contributed by atoms with Crippen LogP contribution in [0, 0.1) is 0 Å². The number of carbonyl (C=O) groups excluding carboxylic acids is 1. The van der Waals surface area contributed by atoms with Crippen LogP contribution in [0.3, 0.4) is 0 Å². The van der Waals surface area contributed by atoms with Crippen LogP contribution in [0.1, 0.15) is 12.5 Å². The van der Waals surface area contributed by atoms with Gasteiger partial charge in [0.25, 0.3) is 5.91 Å². The molecule has 3 rings (SSSR count). The van der Waals surface area contributed by atoms with E-state index >= 15 is 0 Å². The van der Waals surface area contributed by atoms with E-state index in [0.717, 1.165) is 16.5 Å². The van der Waals surface area contributed by atoms with Crippen LogP contribution < -0.4 is 4.74 Å². The Labute approximate surface area is 135 Å². The molecule has 0 bridgehead atoms. The number of aromatic amines is 1. The highest BCUT2D eigenvalue weighted by Gasteiger charge is 2.24. The number of para-hydroxylation sites is 1. The summed E-state index contributed by atoms with van der Waals surface area (Å²) in [6.07, 6.45) is 1.91. The van der Waals surface area contributed by atoms with E-state index in [1.807, 2.05) is 24.4 Å². The van der Waals surface area contributed by atoms with Crippen molar-refractivity contribution < 1.29 is 19.4 Å². The van der Waals surface area contributed by atoms with Crippen LogP contribution in [0.5, 0.6) is 5.75 Å². The van der Waals surface area contributed by atoms with Crippen molar-refractivity contribution in [1.82, 2.24) is 9.88 Å². The topological polar surface area (TPSA) is 74.8 Å². The first-order valence-electron chi connectivity index (χ1n) is 7.93. The van der Waals surface area contributed by atoms with Gasteiger partial charge in [-0.1, -0.05) is 12.1 Å². The fraction of sp³-hybridized carbons (Fsp3) is 0.471. The molecule has 0 radical (unpaired) electrons. The first kappa shape index (κ1) is 15.8. The number of ether oxygens (including phenoxy) is 2. The van der Waals surface area contributed by atoms with E-state index in [4.69, 9.17) is 14.6 Å². The molecule has 0 spiro atoms. The van der Waals surface area contributed by atoms with Gasteiger partial charge in [0.15, 0.2) is 6.10 Å². The molecule has 1 aromatic heterocycles. The van der Waals surface area contributed by atoms with Crippen molar-refractivity contribution in [2.75, 3.05) is 32.9 Å². The second kappa shape index (κ2) is 7.02. The third-order valence-corrected chi connectivity index (χ3v) is 4.12. The van der Waals surface area contributed by atoms with Crippen LogP contribution in [0.2, 0.25) is 0 Å². The number of amides is 1. The summed E-state index contributed by atoms with van der Waals surface area (Å²) in [5.74, 6) is 0.633. The summed E-state index contributed by atoms with van der Waals surface area (Å²) in [5.41, 5.74) is 1.90. The van der Waals surface area contributed by atoms with Gasteiger partial charge in [-0.05, 0) is 25.0 Å². The summed E-state index contributed by atoms with van der Waals surface area (Å²) < 4.78 is 11.2. The molecule has 6 heteroatoms. The van der Waals surface area contributed by atoms with Gasteiger partial charge >= 0.3 is 0 Å². The number of rotatable bonds is 5. The summed E-state index contributed by atoms with van der Waals surface area (Å²) in [6, 6.07) is 5.74. The molecule has 2 N–H and O–H groups in total. The molecule has 2 aromatic rings. The average Bonchev–Trinajstić information content (AvgIpc) is 2.99. The second-order valence-corrected chi connectivity index (χ2v) is 5.66. The molecule has 124 valence electrons. The van der Waals surface area contributed by atoms with Crippen LogP contribution >= 0.6 is 0 Å². The molecular formula is C17H22N2O4. The normalized spacial score (nSPS) is 16.5. The molecule has 6 nitrogen and oxygen atoms in total. The summed E-state index contributed by atoms with van der Waals surface area (Å²) >= 11 is 0. The zero-order valence-electron chi connectivity index (χ0n) is 13.2. The van der Waals surface area contributed by atoms with Crippen molar-refractivity contribution in [3.8, 4) is 5.75 Å². The van der Waals surface area contributed by atoms with Gasteiger partial charge in [0.05, 0.1) is 18.7 Å². The van der Waals surface area contributed by atoms with E-state index in [1.54, 1.807) is 11.8 Å². The maximum absolute atomic E-state index is 12.4. The fourth-order valence-electron chi connectivity index (χ4n) is 2.89. The van der Waals surface area contributed by atoms with E-state index < -0.39 is 6.10 Å². The standard InChI is InChI=1S/C17H22N2O4/c1-12(17(21)19-6-9-22-10-7-19)23-15-4-2-3-14-13(5-8-20)11-18-16(14)15/h2-4,11-12,18,20H,5-10H2,1H3/t12-/m0/s1. The van der Waals surface area contributed by atoms with Gasteiger partial charge < -0.3 is 24.5 Å². The molecule has 1 aliphatic heterocycles. The van der Waals surface area contributed by atoms with Crippen molar-refractivity contribution in [1.29, 1.82) is 0 Å². The lowest BCUT2D eigenvalue weighted by Crippen LogP contribution is -2.46. The van der Waals surface area contributed by atoms with Gasteiger partial charge in [-0.25, -0.2) is 0 Å². The Kier molecular flexibility index (Phi) is 4.83. The predicted molar refractivity (Wildman–Crippen MR) is 86.6 cm³/mol. The van der Waals surface area contributed by atoms with Gasteiger partial charge in [-0.2, -0.15) is 0 Å². The number of nitrogens with one attached hydrogen (secondary N) is 1. The number of fused-ring (bicyclic) bond motifs is 1. The van der Waals surface area contributed by atoms with Crippen molar-refractivity contribution in [2.24, 2.45) is 0 Å². The minimum atomic E-state index is -0.553. The zero-order valence-corrected chi connectivity index (χ0v) is 13.2. The van der Waals surface area contributed by atoms with Crippen LogP contribution in [-0.2, 0) is 16.0 Å². The smallest absolute Gasteiger partial charge is 0.263 e. The number of hydrogen-bond acceptors (Lipinski definition) is 4. The summed E-state index contributed by atoms with van der Waals surface area (Å²) in [7, 11) is 0. The minimum Gasteiger partial charge on any atom is -0.479 e. The molecule has 0 aliphatic carbocycles. The Morgan fingerprint density at radius 3 is 2.96 bits per heavy atom. The van der Waals surface area contributed by atoms with Gasteiger partial charge in [-0.3, -0.25) is 4.79 Å². The number of carbonyl (C=O) groups is 1. The van der Waals surface area contributed by atoms with Crippen molar-refractivity contribution in [2.45, 2.75) is 19.4 Å². The van der Waals surface area contributed by atoms with Crippen LogP contribution in [0.25, 0.3) is 10.9 Å². The molecule has 1 aliphatic rings. The van der Waals surface area contributed by atoms with Crippen LogP contribution in [-0.4, -0.2) is 59.9 Å². The highest BCUT2D eigenvalue weighted by atomic mass is 16.5. The highest BCUT2D eigenvalue weighted by molar-refractivity contribution is 5.89. The number of aliphatic hydroxyl groups excluding tert-OH is 1. The van der Waals surface area contributed by atoms with E-state index in [9.17, 15) is 4.79 Å². The predicted octanol–water partition coefficient (Wildman–Crippen LogP) is 1.33. The number of aliphatic hydroxyl groups is 1. The maximum Gasteiger partial charge on any atom is 0.263 e. The number of H-pyrrole nitrogens is 1. The highest BCUT2D eigenvalue weighted by Crippen LogP contribution is 2.28. The number of aromatic nitrogens is 1. The average molecular weight is 318 g/mol. The molecule has 1 amide bonds. The van der Waals surface area contributed by atoms with E-state index in [-0.39, 0.29) is 12.5 Å². The van der Waals surface area contributed by atoms with Gasteiger partial charge in [0, 0.05) is 31.3 Å². The third kappa shape index (κ3) is 3.33. The zero-order chi connectivity index (χ0) is 16.2. The molecule has 1 saturated heterocycles. The molecule has 1 fully saturated rings. The molecule has 0 saturated carbocycles. The number of morpholine rings is 1. The van der Waals surface area contributed by atoms with Gasteiger partial charge in [-0.15, -0.1) is 0 Å². The lowest BCUT2D eigenvalue weighted by atomic mass is 10.1. The van der Waals surface area contributed by atoms with E-state index in [0.29, 0.717) is 38.5 Å². The van der Waals surface area contributed by atoms with Crippen molar-refractivity contribution in [3.63, 3.8) is 0 Å². The third-order valence-electron chi connectivity index (χ3n) is 4.12. The summed E-state index contributed by atoms with van der Waals surface area (Å²) in [5, 5.41) is 10.1. The molecule has 2 heterocycles. The Balaban J connectivity index is 1.76. The SMILES string of the molecule is C[C@H](Oc1cccc2c(CCO)c[nH]c12)C(=O)N1CCOCC1. The number of nitrogens with zero attached hydrogens (tertiary/aromatic N) is 1. The first-order chi connectivity index (χ1) is 11.2. The quantitative estimate of drug-likeness (QED) is 0.872. The Hall–Kier alpha value is -2.05. The van der Waals surface area contributed by atoms with Gasteiger partial charge in [0.1, 0.15) is 5.75 Å². The van der Waals surface area contributed by atoms with Crippen molar-refractivity contribution in [3.05, 3.63) is 30.0 Å². The lowest BCUT2D eigenvalue weighted by molar-refractivity contribution is -0.142. The van der Waals surface area contributed by atoms with Crippen molar-refractivity contribution >= 4 is 16.8 Å². The fourth-order valence-corrected chi connectivity index (χ4v) is 2.89. The van der Waals surface area contributed by atoms with Crippen LogP contribution in [0.15, 0.2) is 24.4 Å². The monoisotopic (exact) mass is 318 g/mol. The number of hydrogen-bond donors (Lipinski definition) is 2. The Morgan fingerprint density at radius 2 is 2.22 bits per heavy atom. The summed E-state index contributed by atoms with van der Waals surface area (Å²) in [4.78, 5) is 17.4. The lowest BCUT2D eigenvalue weighted by Gasteiger charge is -2.29. The number of benzene rings is 1. The maximum atomic E-state index is 12.4. The minimum absolute atomic E-state index is 0.0209. The molecule has 1 aromatic carbocycles. The molecular weight excluding hydrogens is 296 g/mol. The van der Waals surface area contributed by atoms with Crippen LogP contribution in [0.4, 0.5) is 0 Å². The van der Waals surface area contributed by atoms with E-state index in [2.05, 4.69) is 4.98 Å². The molecule has 0 unspecified atom stereocenters. The van der Waals surface area contributed by atoms with Gasteiger partial charge in [0.2, 0.25) is 0 Å². The van der Waals surface area contributed by atoms with E-state index in [1.165, 1.54) is 0 Å². The molecule has 23 heavy (non-hydrogen) atoms. The summed E-state index contributed by atoms with van der Waals surface area (Å²) in [6.45, 7) is 4.25.